The van der Waals surface area contributed by atoms with Gasteiger partial charge in [0.25, 0.3) is 0 Å². The van der Waals surface area contributed by atoms with E-state index in [-0.39, 0.29) is 12.6 Å². The highest BCUT2D eigenvalue weighted by Gasteiger charge is 2.22. The summed E-state index contributed by atoms with van der Waals surface area (Å²) in [5.74, 6) is 0.194. The molecule has 0 spiro atoms. The summed E-state index contributed by atoms with van der Waals surface area (Å²) in [7, 11) is 0. The van der Waals surface area contributed by atoms with Crippen LogP contribution in [0.5, 0.6) is 5.75 Å². The van der Waals surface area contributed by atoms with Crippen LogP contribution in [0, 0.1) is 13.8 Å². The first-order valence-corrected chi connectivity index (χ1v) is 11.9. The molecule has 182 valence electrons. The average Bonchev–Trinajstić information content (AvgIpc) is 3.14. The van der Waals surface area contributed by atoms with Crippen LogP contribution in [0.2, 0.25) is 5.02 Å². The molecule has 2 N–H and O–H groups in total. The largest absolute Gasteiger partial charge is 0.491 e. The highest BCUT2D eigenvalue weighted by molar-refractivity contribution is 6.30. The number of hydrogen-bond acceptors (Lipinski definition) is 5. The molecule has 1 atom stereocenters. The quantitative estimate of drug-likeness (QED) is 0.283. The number of aryl methyl sites for hydroxylation is 1. The van der Waals surface area contributed by atoms with E-state index >= 15 is 0 Å². The zero-order valence-corrected chi connectivity index (χ0v) is 20.8. The third-order valence-corrected chi connectivity index (χ3v) is 6.03. The fraction of sp³-hybridized carbons (Fsp3) is 0.250. The molecule has 0 aliphatic carbocycles. The number of carbonyl (C=O) groups excluding carboxylic acids is 1. The van der Waals surface area contributed by atoms with Gasteiger partial charge in [0.05, 0.1) is 17.7 Å². The maximum Gasteiger partial charge on any atom is 0.340 e. The maximum atomic E-state index is 12.9. The summed E-state index contributed by atoms with van der Waals surface area (Å²) in [4.78, 5) is 12.9. The van der Waals surface area contributed by atoms with Crippen molar-refractivity contribution in [2.75, 3.05) is 25.1 Å². The number of fused-ring (bicyclic) bond motifs is 1. The van der Waals surface area contributed by atoms with E-state index in [1.807, 2.05) is 68.4 Å². The van der Waals surface area contributed by atoms with Crippen molar-refractivity contribution in [1.29, 1.82) is 0 Å². The molecule has 0 saturated heterocycles. The number of aliphatic hydroxyl groups excluding tert-OH is 1. The van der Waals surface area contributed by atoms with E-state index in [2.05, 4.69) is 9.88 Å². The number of nitrogens with zero attached hydrogens (tertiary/aromatic N) is 1. The molecule has 0 aliphatic heterocycles. The average molecular weight is 493 g/mol. The molecule has 1 heterocycles. The lowest BCUT2D eigenvalue weighted by atomic mass is 10.1. The molecule has 35 heavy (non-hydrogen) atoms. The number of nitrogens with one attached hydrogen (secondary N) is 1. The molecule has 4 rings (SSSR count). The SMILES string of the molecule is CCOC(=O)c1c(C)n(-c2ccc(C)cc2)c2ccc(OCC(O)CNc3ccc(Cl)cc3)cc12. The first kappa shape index (κ1) is 24.6. The van der Waals surface area contributed by atoms with Crippen LogP contribution in [0.3, 0.4) is 0 Å². The van der Waals surface area contributed by atoms with Crippen molar-refractivity contribution in [2.45, 2.75) is 26.9 Å². The summed E-state index contributed by atoms with van der Waals surface area (Å²) < 4.78 is 13.3. The van der Waals surface area contributed by atoms with Gasteiger partial charge in [-0.15, -0.1) is 0 Å². The van der Waals surface area contributed by atoms with Gasteiger partial charge >= 0.3 is 5.97 Å². The van der Waals surface area contributed by atoms with Gasteiger partial charge in [-0.3, -0.25) is 0 Å². The predicted octanol–water partition coefficient (Wildman–Crippen LogP) is 5.93. The molecule has 0 fully saturated rings. The number of esters is 1. The second-order valence-electron chi connectivity index (χ2n) is 8.38. The third-order valence-electron chi connectivity index (χ3n) is 5.78. The van der Waals surface area contributed by atoms with E-state index in [4.69, 9.17) is 21.1 Å². The Hall–Kier alpha value is -3.48. The molecule has 1 unspecified atom stereocenters. The third kappa shape index (κ3) is 5.61. The summed E-state index contributed by atoms with van der Waals surface area (Å²) in [5, 5.41) is 14.9. The molecule has 4 aromatic rings. The van der Waals surface area contributed by atoms with Crippen LogP contribution >= 0.6 is 11.6 Å². The number of benzene rings is 3. The second-order valence-corrected chi connectivity index (χ2v) is 8.82. The fourth-order valence-electron chi connectivity index (χ4n) is 4.03. The number of ether oxygens (including phenoxy) is 2. The molecular formula is C28H29ClN2O4. The highest BCUT2D eigenvalue weighted by atomic mass is 35.5. The van der Waals surface area contributed by atoms with E-state index in [0.717, 1.165) is 33.5 Å². The smallest absolute Gasteiger partial charge is 0.340 e. The summed E-state index contributed by atoms with van der Waals surface area (Å²) in [5.41, 5.74) is 5.18. The van der Waals surface area contributed by atoms with Crippen molar-refractivity contribution >= 4 is 34.2 Å². The summed E-state index contributed by atoms with van der Waals surface area (Å²) >= 11 is 5.91. The van der Waals surface area contributed by atoms with Crippen LogP contribution in [0.4, 0.5) is 5.69 Å². The van der Waals surface area contributed by atoms with Gasteiger partial charge in [0.15, 0.2) is 0 Å². The zero-order valence-electron chi connectivity index (χ0n) is 20.0. The number of aliphatic hydroxyl groups is 1. The Labute approximate surface area is 210 Å². The molecule has 7 heteroatoms. The minimum absolute atomic E-state index is 0.0957. The predicted molar refractivity (Wildman–Crippen MR) is 140 cm³/mol. The Morgan fingerprint density at radius 2 is 1.77 bits per heavy atom. The number of hydrogen-bond donors (Lipinski definition) is 2. The summed E-state index contributed by atoms with van der Waals surface area (Å²) in [6.07, 6.45) is -0.732. The lowest BCUT2D eigenvalue weighted by molar-refractivity contribution is 0.0527. The lowest BCUT2D eigenvalue weighted by Gasteiger charge is -2.14. The molecule has 3 aromatic carbocycles. The topological polar surface area (TPSA) is 72.7 Å². The van der Waals surface area contributed by atoms with Crippen molar-refractivity contribution in [3.63, 3.8) is 0 Å². The van der Waals surface area contributed by atoms with E-state index in [1.165, 1.54) is 0 Å². The van der Waals surface area contributed by atoms with Crippen molar-refractivity contribution < 1.29 is 19.4 Å². The Morgan fingerprint density at radius 3 is 2.46 bits per heavy atom. The van der Waals surface area contributed by atoms with E-state index in [9.17, 15) is 9.90 Å². The second kappa shape index (κ2) is 10.8. The van der Waals surface area contributed by atoms with Crippen molar-refractivity contribution in [2.24, 2.45) is 0 Å². The lowest BCUT2D eigenvalue weighted by Crippen LogP contribution is -2.26. The van der Waals surface area contributed by atoms with Gasteiger partial charge in [-0.25, -0.2) is 4.79 Å². The van der Waals surface area contributed by atoms with Crippen LogP contribution < -0.4 is 10.1 Å². The minimum Gasteiger partial charge on any atom is -0.491 e. The van der Waals surface area contributed by atoms with Gasteiger partial charge in [-0.2, -0.15) is 0 Å². The van der Waals surface area contributed by atoms with Crippen LogP contribution in [0.1, 0.15) is 28.5 Å². The fourth-order valence-corrected chi connectivity index (χ4v) is 4.16. The van der Waals surface area contributed by atoms with Crippen molar-refractivity contribution in [1.82, 2.24) is 4.57 Å². The number of aromatic nitrogens is 1. The van der Waals surface area contributed by atoms with Gasteiger partial charge in [-0.1, -0.05) is 29.3 Å². The normalized spacial score (nSPS) is 11.9. The minimum atomic E-state index is -0.732. The first-order chi connectivity index (χ1) is 16.9. The van der Waals surface area contributed by atoms with Gasteiger partial charge in [0.1, 0.15) is 18.5 Å². The number of rotatable bonds is 9. The maximum absolute atomic E-state index is 12.9. The Kier molecular flexibility index (Phi) is 7.63. The molecule has 1 aromatic heterocycles. The molecule has 0 amide bonds. The monoisotopic (exact) mass is 492 g/mol. The van der Waals surface area contributed by atoms with Crippen LogP contribution in [0.25, 0.3) is 16.6 Å². The van der Waals surface area contributed by atoms with Gasteiger partial charge in [-0.05, 0) is 75.4 Å². The van der Waals surface area contributed by atoms with E-state index in [0.29, 0.717) is 29.5 Å². The molecule has 0 saturated carbocycles. The van der Waals surface area contributed by atoms with Crippen LogP contribution in [0.15, 0.2) is 66.7 Å². The molecular weight excluding hydrogens is 464 g/mol. The molecule has 0 bridgehead atoms. The zero-order chi connectivity index (χ0) is 24.9. The van der Waals surface area contributed by atoms with E-state index < -0.39 is 6.10 Å². The van der Waals surface area contributed by atoms with Crippen molar-refractivity contribution in [3.05, 3.63) is 88.6 Å². The molecule has 6 nitrogen and oxygen atoms in total. The Bertz CT molecular complexity index is 1310. The highest BCUT2D eigenvalue weighted by Crippen LogP contribution is 2.32. The van der Waals surface area contributed by atoms with Gasteiger partial charge < -0.3 is 24.5 Å². The van der Waals surface area contributed by atoms with Crippen molar-refractivity contribution in [3.8, 4) is 11.4 Å². The van der Waals surface area contributed by atoms with Gasteiger partial charge in [0.2, 0.25) is 0 Å². The summed E-state index contributed by atoms with van der Waals surface area (Å²) in [6, 6.07) is 21.0. The van der Waals surface area contributed by atoms with Crippen LogP contribution in [-0.4, -0.2) is 41.5 Å². The molecule has 0 aliphatic rings. The summed E-state index contributed by atoms with van der Waals surface area (Å²) in [6.45, 7) is 6.45. The number of anilines is 1. The standard InChI is InChI=1S/C28H29ClN2O4/c1-4-34-28(33)27-19(3)31(22-11-5-18(2)6-12-22)26-14-13-24(15-25(26)27)35-17-23(32)16-30-21-9-7-20(29)8-10-21/h5-15,23,30,32H,4,16-17H2,1-3H3. The number of halogens is 1. The number of carbonyl (C=O) groups is 1. The van der Waals surface area contributed by atoms with Gasteiger partial charge in [0, 0.05) is 34.0 Å². The molecule has 0 radical (unpaired) electrons. The van der Waals surface area contributed by atoms with E-state index in [1.54, 1.807) is 19.1 Å². The Balaban J connectivity index is 1.57. The first-order valence-electron chi connectivity index (χ1n) is 11.6. The Morgan fingerprint density at radius 1 is 1.06 bits per heavy atom. The van der Waals surface area contributed by atoms with Crippen LogP contribution in [-0.2, 0) is 4.74 Å².